The van der Waals surface area contributed by atoms with Crippen LogP contribution in [-0.2, 0) is 6.42 Å². The first-order valence-corrected chi connectivity index (χ1v) is 10.7. The number of rotatable bonds is 6. The molecule has 0 spiro atoms. The first-order valence-electron chi connectivity index (χ1n) is 10.7. The third kappa shape index (κ3) is 4.62. The van der Waals surface area contributed by atoms with Crippen molar-refractivity contribution in [1.82, 2.24) is 5.32 Å². The molecule has 3 aromatic rings. The van der Waals surface area contributed by atoms with Crippen molar-refractivity contribution in [1.29, 1.82) is 0 Å². The van der Waals surface area contributed by atoms with Crippen LogP contribution in [0.15, 0.2) is 71.7 Å². The molecule has 4 rings (SSSR count). The second kappa shape index (κ2) is 9.31. The number of benzene rings is 3. The zero-order valence-electron chi connectivity index (χ0n) is 17.8. The van der Waals surface area contributed by atoms with Gasteiger partial charge in [-0.3, -0.25) is 10.3 Å². The van der Waals surface area contributed by atoms with E-state index < -0.39 is 0 Å². The van der Waals surface area contributed by atoms with Crippen LogP contribution in [0, 0.1) is 5.82 Å². The maximum atomic E-state index is 13.5. The summed E-state index contributed by atoms with van der Waals surface area (Å²) in [6, 6.07) is 20.2. The van der Waals surface area contributed by atoms with E-state index in [-0.39, 0.29) is 23.8 Å². The minimum absolute atomic E-state index is 0.141. The predicted octanol–water partition coefficient (Wildman–Crippen LogP) is 5.71. The minimum Gasteiger partial charge on any atom is -0.504 e. The number of hydrogen-bond acceptors (Lipinski definition) is 4. The summed E-state index contributed by atoms with van der Waals surface area (Å²) in [5.74, 6) is 0.330. The van der Waals surface area contributed by atoms with Crippen LogP contribution in [0.5, 0.6) is 11.5 Å². The summed E-state index contributed by atoms with van der Waals surface area (Å²) in [5, 5.41) is 14.3. The van der Waals surface area contributed by atoms with Crippen LogP contribution in [0.25, 0.3) is 0 Å². The van der Waals surface area contributed by atoms with Crippen molar-refractivity contribution in [2.75, 3.05) is 6.61 Å². The quantitative estimate of drug-likeness (QED) is 0.539. The normalized spacial score (nSPS) is 18.5. The molecule has 31 heavy (non-hydrogen) atoms. The van der Waals surface area contributed by atoms with E-state index in [9.17, 15) is 9.50 Å². The Morgan fingerprint density at radius 3 is 2.45 bits per heavy atom. The van der Waals surface area contributed by atoms with Gasteiger partial charge < -0.3 is 9.84 Å². The smallest absolute Gasteiger partial charge is 0.162 e. The van der Waals surface area contributed by atoms with E-state index in [1.165, 1.54) is 17.7 Å². The van der Waals surface area contributed by atoms with E-state index in [0.29, 0.717) is 18.8 Å². The molecule has 0 aliphatic carbocycles. The molecule has 3 aromatic carbocycles. The Hall–Kier alpha value is -3.18. The molecule has 0 aromatic heterocycles. The highest BCUT2D eigenvalue weighted by atomic mass is 19.1. The van der Waals surface area contributed by atoms with Gasteiger partial charge in [-0.1, -0.05) is 55.5 Å². The van der Waals surface area contributed by atoms with Crippen LogP contribution in [0.4, 0.5) is 4.39 Å². The summed E-state index contributed by atoms with van der Waals surface area (Å²) in [6.45, 7) is 4.50. The monoisotopic (exact) mass is 418 g/mol. The van der Waals surface area contributed by atoms with Crippen LogP contribution in [0.2, 0.25) is 0 Å². The zero-order valence-corrected chi connectivity index (χ0v) is 17.8. The van der Waals surface area contributed by atoms with Crippen molar-refractivity contribution in [2.24, 2.45) is 4.99 Å². The van der Waals surface area contributed by atoms with E-state index in [4.69, 9.17) is 9.73 Å². The molecular weight excluding hydrogens is 391 g/mol. The summed E-state index contributed by atoms with van der Waals surface area (Å²) < 4.78 is 19.1. The van der Waals surface area contributed by atoms with Gasteiger partial charge in [0.25, 0.3) is 0 Å². The Bertz CT molecular complexity index is 1060. The van der Waals surface area contributed by atoms with Gasteiger partial charge in [-0.15, -0.1) is 0 Å². The topological polar surface area (TPSA) is 53.8 Å². The van der Waals surface area contributed by atoms with Crippen LogP contribution < -0.4 is 10.1 Å². The molecule has 0 amide bonds. The maximum absolute atomic E-state index is 13.5. The Labute approximate surface area is 182 Å². The van der Waals surface area contributed by atoms with Gasteiger partial charge in [0.1, 0.15) is 12.0 Å². The van der Waals surface area contributed by atoms with E-state index in [1.807, 2.05) is 19.1 Å². The third-order valence-electron chi connectivity index (χ3n) is 5.63. The molecule has 0 unspecified atom stereocenters. The van der Waals surface area contributed by atoms with Gasteiger partial charge in [-0.05, 0) is 48.2 Å². The van der Waals surface area contributed by atoms with Gasteiger partial charge in [-0.2, -0.15) is 0 Å². The van der Waals surface area contributed by atoms with Gasteiger partial charge >= 0.3 is 0 Å². The lowest BCUT2D eigenvalue weighted by atomic mass is 9.93. The number of hydrogen-bond donors (Lipinski definition) is 2. The Balaban J connectivity index is 1.73. The second-order valence-electron chi connectivity index (χ2n) is 7.63. The molecule has 0 bridgehead atoms. The second-order valence-corrected chi connectivity index (χ2v) is 7.63. The van der Waals surface area contributed by atoms with Gasteiger partial charge in [-0.25, -0.2) is 4.39 Å². The minimum atomic E-state index is -0.352. The number of phenols is 1. The lowest BCUT2D eigenvalue weighted by molar-refractivity contribution is 0.313. The van der Waals surface area contributed by atoms with Crippen LogP contribution in [-0.4, -0.2) is 17.4 Å². The molecule has 0 radical (unpaired) electrons. The van der Waals surface area contributed by atoms with Crippen molar-refractivity contribution in [3.05, 3.63) is 94.8 Å². The number of para-hydroxylation sites is 1. The molecule has 2 atom stereocenters. The van der Waals surface area contributed by atoms with Crippen molar-refractivity contribution in [3.8, 4) is 11.5 Å². The summed E-state index contributed by atoms with van der Waals surface area (Å²) in [5.41, 5.74) is 4.90. The first kappa shape index (κ1) is 21.1. The fraction of sp³-hybridized carbons (Fsp3) is 0.269. The highest BCUT2D eigenvalue weighted by Gasteiger charge is 2.28. The first-order chi connectivity index (χ1) is 15.1. The molecule has 0 fully saturated rings. The van der Waals surface area contributed by atoms with Crippen molar-refractivity contribution in [2.45, 2.75) is 38.9 Å². The summed E-state index contributed by atoms with van der Waals surface area (Å²) in [7, 11) is 0. The van der Waals surface area contributed by atoms with Crippen LogP contribution >= 0.6 is 0 Å². The molecule has 0 saturated heterocycles. The summed E-state index contributed by atoms with van der Waals surface area (Å²) in [4.78, 5) is 4.94. The maximum Gasteiger partial charge on any atom is 0.162 e. The molecular formula is C26H27FN2O2. The number of nitrogens with one attached hydrogen (secondary N) is 1. The largest absolute Gasteiger partial charge is 0.504 e. The number of aryl methyl sites for hydroxylation is 1. The number of nitrogens with zero attached hydrogens (tertiary/aromatic N) is 1. The van der Waals surface area contributed by atoms with Crippen LogP contribution in [0.1, 0.15) is 54.7 Å². The van der Waals surface area contributed by atoms with Gasteiger partial charge in [0.15, 0.2) is 11.5 Å². The van der Waals surface area contributed by atoms with E-state index in [2.05, 4.69) is 36.5 Å². The molecule has 1 aliphatic rings. The SMILES string of the molecule is CCOc1cccc([C@@H]2CC(c3ccc(CC)cc3)=N[C@@H](c3ccc(F)cc3)N2)c1O. The molecule has 2 N–H and O–H groups in total. The van der Waals surface area contributed by atoms with Crippen molar-refractivity contribution < 1.29 is 14.2 Å². The van der Waals surface area contributed by atoms with Gasteiger partial charge in [0, 0.05) is 23.7 Å². The Morgan fingerprint density at radius 1 is 1.03 bits per heavy atom. The van der Waals surface area contributed by atoms with Crippen molar-refractivity contribution in [3.63, 3.8) is 0 Å². The molecule has 1 heterocycles. The zero-order chi connectivity index (χ0) is 21.8. The average molecular weight is 419 g/mol. The Morgan fingerprint density at radius 2 is 1.77 bits per heavy atom. The number of aliphatic imine (C=N–C) groups is 1. The summed E-state index contributed by atoms with van der Waals surface area (Å²) >= 11 is 0. The number of aromatic hydroxyl groups is 1. The highest BCUT2D eigenvalue weighted by molar-refractivity contribution is 6.01. The number of halogens is 1. The predicted molar refractivity (Wildman–Crippen MR) is 121 cm³/mol. The van der Waals surface area contributed by atoms with Crippen molar-refractivity contribution >= 4 is 5.71 Å². The number of ether oxygens (including phenoxy) is 1. The molecule has 4 nitrogen and oxygen atoms in total. The van der Waals surface area contributed by atoms with Crippen LogP contribution in [0.3, 0.4) is 0 Å². The standard InChI is InChI=1S/C26H27FN2O2/c1-3-17-8-10-18(11-9-17)22-16-23(21-6-5-7-24(25(21)30)31-4-2)29-26(28-22)19-12-14-20(27)15-13-19/h5-15,23,26,29-30H,3-4,16H2,1-2H3/t23-,26+/m0/s1. The van der Waals surface area contributed by atoms with Gasteiger partial charge in [0.2, 0.25) is 0 Å². The average Bonchev–Trinajstić information content (AvgIpc) is 2.81. The third-order valence-corrected chi connectivity index (χ3v) is 5.63. The Kier molecular flexibility index (Phi) is 6.33. The number of phenolic OH excluding ortho intramolecular Hbond substituents is 1. The fourth-order valence-electron chi connectivity index (χ4n) is 3.92. The van der Waals surface area contributed by atoms with E-state index >= 15 is 0 Å². The summed E-state index contributed by atoms with van der Waals surface area (Å²) in [6.07, 6.45) is 1.25. The van der Waals surface area contributed by atoms with E-state index in [0.717, 1.165) is 28.8 Å². The molecule has 1 aliphatic heterocycles. The lowest BCUT2D eigenvalue weighted by Crippen LogP contribution is -2.33. The highest BCUT2D eigenvalue weighted by Crippen LogP contribution is 2.38. The molecule has 0 saturated carbocycles. The lowest BCUT2D eigenvalue weighted by Gasteiger charge is -2.31. The molecule has 5 heteroatoms. The van der Waals surface area contributed by atoms with Gasteiger partial charge in [0.05, 0.1) is 6.61 Å². The van der Waals surface area contributed by atoms with E-state index in [1.54, 1.807) is 18.2 Å². The molecule has 160 valence electrons. The fourth-order valence-corrected chi connectivity index (χ4v) is 3.92.